The Labute approximate surface area is 124 Å². The van der Waals surface area contributed by atoms with Crippen molar-refractivity contribution in [1.82, 2.24) is 20.6 Å². The van der Waals surface area contributed by atoms with E-state index < -0.39 is 0 Å². The number of H-pyrrole nitrogens is 1. The summed E-state index contributed by atoms with van der Waals surface area (Å²) in [5.74, 6) is -0.310. The van der Waals surface area contributed by atoms with E-state index in [0.29, 0.717) is 16.8 Å². The molecule has 0 aliphatic carbocycles. The molecule has 0 atom stereocenters. The largest absolute Gasteiger partial charge is 0.870 e. The summed E-state index contributed by atoms with van der Waals surface area (Å²) >= 11 is 0. The molecule has 3 rings (SSSR count). The molecule has 0 radical (unpaired) electrons. The van der Waals surface area contributed by atoms with Crippen LogP contribution in [-0.2, 0) is 4.79 Å². The third kappa shape index (κ3) is 2.28. The molecular formula is C13H11N6O3-. The second kappa shape index (κ2) is 5.28. The van der Waals surface area contributed by atoms with Gasteiger partial charge in [0, 0.05) is 0 Å². The second-order valence-corrected chi connectivity index (χ2v) is 4.48. The molecule has 0 unspecified atom stereocenters. The number of hydrogen-bond acceptors (Lipinski definition) is 7. The smallest absolute Gasteiger partial charge is 0.293 e. The van der Waals surface area contributed by atoms with E-state index in [9.17, 15) is 9.90 Å². The quantitative estimate of drug-likeness (QED) is 0.802. The first kappa shape index (κ1) is 13.7. The average molecular weight is 299 g/mol. The molecule has 0 fully saturated rings. The highest BCUT2D eigenvalue weighted by Gasteiger charge is 2.31. The van der Waals surface area contributed by atoms with E-state index in [1.165, 1.54) is 13.2 Å². The van der Waals surface area contributed by atoms with Gasteiger partial charge in [-0.05, 0) is 29.8 Å². The SMILES string of the molecule is COc1cc(/C=C2/C(=O)N(c3nn[nH]n3)N=C2C)ccc1[O-]. The van der Waals surface area contributed by atoms with E-state index in [0.717, 1.165) is 5.01 Å². The standard InChI is InChI=1S/C13H12N6O3/c1-7-9(5-8-3-4-10(20)11(6-8)22-2)12(21)19(16-7)13-14-17-18-15-13/h3-6,20H,1-2H3,(H,14,15,17,18)/p-1/b9-5+. The molecule has 1 aliphatic rings. The molecule has 2 aromatic rings. The Bertz CT molecular complexity index is 781. The minimum atomic E-state index is -0.371. The molecule has 9 nitrogen and oxygen atoms in total. The number of methoxy groups -OCH3 is 1. The first-order chi connectivity index (χ1) is 10.6. The number of anilines is 1. The fourth-order valence-electron chi connectivity index (χ4n) is 2.01. The molecule has 9 heteroatoms. The van der Waals surface area contributed by atoms with Gasteiger partial charge >= 0.3 is 0 Å². The van der Waals surface area contributed by atoms with Crippen molar-refractivity contribution in [3.63, 3.8) is 0 Å². The predicted molar refractivity (Wildman–Crippen MR) is 75.2 cm³/mol. The zero-order valence-electron chi connectivity index (χ0n) is 11.8. The fourth-order valence-corrected chi connectivity index (χ4v) is 2.01. The van der Waals surface area contributed by atoms with Gasteiger partial charge in [0.1, 0.15) is 5.75 Å². The maximum Gasteiger partial charge on any atom is 0.293 e. The number of nitrogens with zero attached hydrogens (tertiary/aromatic N) is 5. The van der Waals surface area contributed by atoms with E-state index in [4.69, 9.17) is 4.74 Å². The summed E-state index contributed by atoms with van der Waals surface area (Å²) in [6, 6.07) is 4.55. The Hall–Kier alpha value is -3.23. The zero-order valence-corrected chi connectivity index (χ0v) is 11.8. The number of rotatable bonds is 3. The Balaban J connectivity index is 1.95. The van der Waals surface area contributed by atoms with Crippen LogP contribution in [0.3, 0.4) is 0 Å². The van der Waals surface area contributed by atoms with E-state index in [-0.39, 0.29) is 23.4 Å². The summed E-state index contributed by atoms with van der Waals surface area (Å²) in [7, 11) is 1.42. The topological polar surface area (TPSA) is 119 Å². The number of carbonyl (C=O) groups is 1. The van der Waals surface area contributed by atoms with Crippen LogP contribution in [0.1, 0.15) is 12.5 Å². The van der Waals surface area contributed by atoms with Crippen LogP contribution in [0.4, 0.5) is 5.95 Å². The molecule has 1 aromatic carbocycles. The van der Waals surface area contributed by atoms with Gasteiger partial charge < -0.3 is 9.84 Å². The number of carbonyl (C=O) groups excluding carboxylic acids is 1. The van der Waals surface area contributed by atoms with Gasteiger partial charge in [0.2, 0.25) is 0 Å². The highest BCUT2D eigenvalue weighted by Crippen LogP contribution is 2.27. The Kier molecular flexibility index (Phi) is 3.30. The summed E-state index contributed by atoms with van der Waals surface area (Å²) in [6.45, 7) is 1.70. The summed E-state index contributed by atoms with van der Waals surface area (Å²) in [6.07, 6.45) is 1.63. The average Bonchev–Trinajstić information content (AvgIpc) is 3.12. The maximum atomic E-state index is 12.4. The monoisotopic (exact) mass is 299 g/mol. The predicted octanol–water partition coefficient (Wildman–Crippen LogP) is 0.0880. The number of benzene rings is 1. The lowest BCUT2D eigenvalue weighted by Crippen LogP contribution is -2.22. The van der Waals surface area contributed by atoms with Crippen molar-refractivity contribution in [2.45, 2.75) is 6.92 Å². The van der Waals surface area contributed by atoms with Gasteiger partial charge in [-0.15, -0.1) is 5.10 Å². The lowest BCUT2D eigenvalue weighted by atomic mass is 10.1. The van der Waals surface area contributed by atoms with Gasteiger partial charge in [-0.25, -0.2) is 0 Å². The molecule has 1 aliphatic heterocycles. The van der Waals surface area contributed by atoms with Crippen LogP contribution in [0.25, 0.3) is 6.08 Å². The van der Waals surface area contributed by atoms with Gasteiger partial charge in [-0.1, -0.05) is 23.0 Å². The number of nitrogens with one attached hydrogen (secondary N) is 1. The number of hydrazone groups is 1. The van der Waals surface area contributed by atoms with Crippen LogP contribution in [0.15, 0.2) is 28.9 Å². The van der Waals surface area contributed by atoms with Gasteiger partial charge in [0.05, 0.1) is 18.4 Å². The molecule has 1 aromatic heterocycles. The number of aromatic amines is 1. The van der Waals surface area contributed by atoms with Crippen LogP contribution in [0.2, 0.25) is 0 Å². The molecule has 112 valence electrons. The minimum absolute atomic E-state index is 0.0697. The number of hydrogen-bond donors (Lipinski definition) is 1. The highest BCUT2D eigenvalue weighted by atomic mass is 16.5. The molecular weight excluding hydrogens is 288 g/mol. The van der Waals surface area contributed by atoms with Crippen LogP contribution in [-0.4, -0.2) is 39.4 Å². The molecule has 0 spiro atoms. The zero-order chi connectivity index (χ0) is 15.7. The highest BCUT2D eigenvalue weighted by molar-refractivity contribution is 6.31. The maximum absolute atomic E-state index is 12.4. The van der Waals surface area contributed by atoms with E-state index in [2.05, 4.69) is 25.7 Å². The van der Waals surface area contributed by atoms with Crippen molar-refractivity contribution in [1.29, 1.82) is 0 Å². The van der Waals surface area contributed by atoms with Crippen molar-refractivity contribution < 1.29 is 14.6 Å². The van der Waals surface area contributed by atoms with Crippen LogP contribution >= 0.6 is 0 Å². The van der Waals surface area contributed by atoms with Gasteiger partial charge in [0.25, 0.3) is 11.9 Å². The second-order valence-electron chi connectivity index (χ2n) is 4.48. The first-order valence-electron chi connectivity index (χ1n) is 6.30. The molecule has 22 heavy (non-hydrogen) atoms. The number of tetrazole rings is 1. The van der Waals surface area contributed by atoms with Crippen molar-refractivity contribution in [2.24, 2.45) is 5.10 Å². The lowest BCUT2D eigenvalue weighted by molar-refractivity contribution is -0.270. The fraction of sp³-hybridized carbons (Fsp3) is 0.154. The van der Waals surface area contributed by atoms with Crippen molar-refractivity contribution in [3.05, 3.63) is 29.3 Å². The molecule has 2 heterocycles. The normalized spacial score (nSPS) is 16.3. The number of aromatic nitrogens is 4. The molecule has 0 saturated carbocycles. The number of amides is 1. The molecule has 0 saturated heterocycles. The molecule has 1 amide bonds. The number of ether oxygens (including phenoxy) is 1. The summed E-state index contributed by atoms with van der Waals surface area (Å²) in [4.78, 5) is 12.4. The van der Waals surface area contributed by atoms with Crippen molar-refractivity contribution in [3.8, 4) is 11.5 Å². The van der Waals surface area contributed by atoms with Crippen LogP contribution in [0.5, 0.6) is 11.5 Å². The van der Waals surface area contributed by atoms with Crippen LogP contribution in [0, 0.1) is 0 Å². The summed E-state index contributed by atoms with van der Waals surface area (Å²) in [5.41, 5.74) is 1.55. The third-order valence-corrected chi connectivity index (χ3v) is 3.08. The third-order valence-electron chi connectivity index (χ3n) is 3.08. The first-order valence-corrected chi connectivity index (χ1v) is 6.30. The van der Waals surface area contributed by atoms with E-state index in [1.54, 1.807) is 25.1 Å². The van der Waals surface area contributed by atoms with E-state index >= 15 is 0 Å². The molecule has 1 N–H and O–H groups in total. The minimum Gasteiger partial charge on any atom is -0.870 e. The Morgan fingerprint density at radius 3 is 2.91 bits per heavy atom. The van der Waals surface area contributed by atoms with Crippen LogP contribution < -0.4 is 14.9 Å². The van der Waals surface area contributed by atoms with Gasteiger partial charge in [-0.2, -0.15) is 15.3 Å². The lowest BCUT2D eigenvalue weighted by Gasteiger charge is -2.12. The molecule has 0 bridgehead atoms. The van der Waals surface area contributed by atoms with Gasteiger partial charge in [0.15, 0.2) is 0 Å². The summed E-state index contributed by atoms with van der Waals surface area (Å²) < 4.78 is 4.98. The van der Waals surface area contributed by atoms with Crippen molar-refractivity contribution >= 4 is 23.6 Å². The Morgan fingerprint density at radius 2 is 2.23 bits per heavy atom. The Morgan fingerprint density at radius 1 is 1.41 bits per heavy atom. The van der Waals surface area contributed by atoms with Crippen molar-refractivity contribution in [2.75, 3.05) is 12.1 Å². The van der Waals surface area contributed by atoms with E-state index in [1.807, 2.05) is 0 Å². The van der Waals surface area contributed by atoms with Gasteiger partial charge in [-0.3, -0.25) is 4.79 Å². The summed E-state index contributed by atoms with van der Waals surface area (Å²) in [5, 5.41) is 29.8.